The highest BCUT2D eigenvalue weighted by molar-refractivity contribution is 5.64. The number of aromatic nitrogens is 2. The molecule has 0 saturated heterocycles. The molecule has 0 bridgehead atoms. The Morgan fingerprint density at radius 1 is 0.897 bits per heavy atom. The Morgan fingerprint density at radius 2 is 1.72 bits per heavy atom. The Kier molecular flexibility index (Phi) is 7.41. The first-order chi connectivity index (χ1) is 14.1. The summed E-state index contributed by atoms with van der Waals surface area (Å²) in [5.41, 5.74) is 3.18. The summed E-state index contributed by atoms with van der Waals surface area (Å²) < 4.78 is 5.30. The Labute approximate surface area is 173 Å². The largest absolute Gasteiger partial charge is 0.497 e. The minimum atomic E-state index is 0.626. The first-order valence-corrected chi connectivity index (χ1v) is 9.84. The predicted molar refractivity (Wildman–Crippen MR) is 120 cm³/mol. The van der Waals surface area contributed by atoms with Crippen molar-refractivity contribution < 1.29 is 4.74 Å². The molecule has 0 radical (unpaired) electrons. The van der Waals surface area contributed by atoms with Crippen LogP contribution in [0, 0.1) is 0 Å². The zero-order chi connectivity index (χ0) is 20.5. The maximum atomic E-state index is 5.30. The molecule has 0 aliphatic heterocycles. The highest BCUT2D eigenvalue weighted by Gasteiger charge is 2.07. The molecule has 1 aromatic heterocycles. The molecule has 0 spiro atoms. The predicted octanol–water partition coefficient (Wildman–Crippen LogP) is 3.78. The number of nitrogens with zero attached hydrogens (tertiary/aromatic N) is 3. The molecule has 2 N–H and O–H groups in total. The topological polar surface area (TPSA) is 62.3 Å². The van der Waals surface area contributed by atoms with Gasteiger partial charge in [0.05, 0.1) is 12.8 Å². The zero-order valence-electron chi connectivity index (χ0n) is 17.4. The van der Waals surface area contributed by atoms with E-state index in [1.165, 1.54) is 5.56 Å². The van der Waals surface area contributed by atoms with Gasteiger partial charge in [-0.3, -0.25) is 0 Å². The quantitative estimate of drug-likeness (QED) is 0.548. The Balaban J connectivity index is 1.71. The molecular weight excluding hydrogens is 362 g/mol. The van der Waals surface area contributed by atoms with Crippen LogP contribution in [0.15, 0.2) is 60.7 Å². The smallest absolute Gasteiger partial charge is 0.225 e. The van der Waals surface area contributed by atoms with Crippen LogP contribution in [-0.2, 0) is 6.42 Å². The van der Waals surface area contributed by atoms with Gasteiger partial charge >= 0.3 is 0 Å². The summed E-state index contributed by atoms with van der Waals surface area (Å²) in [6, 6.07) is 20.3. The number of nitrogens with one attached hydrogen (secondary N) is 2. The summed E-state index contributed by atoms with van der Waals surface area (Å²) in [7, 11) is 5.80. The number of likely N-dealkylation sites (N-methyl/N-ethyl adjacent to an activating group) is 1. The van der Waals surface area contributed by atoms with E-state index >= 15 is 0 Å². The van der Waals surface area contributed by atoms with Crippen molar-refractivity contribution in [1.29, 1.82) is 0 Å². The SMILES string of the molecule is COc1cccc(CCNc2nc(NCCN(C)C)cc(-c3ccccc3)n2)c1. The lowest BCUT2D eigenvalue weighted by Crippen LogP contribution is -2.21. The highest BCUT2D eigenvalue weighted by atomic mass is 16.5. The van der Waals surface area contributed by atoms with Gasteiger partial charge in [-0.1, -0.05) is 42.5 Å². The zero-order valence-corrected chi connectivity index (χ0v) is 17.4. The van der Waals surface area contributed by atoms with E-state index in [4.69, 9.17) is 9.72 Å². The van der Waals surface area contributed by atoms with Gasteiger partial charge in [-0.2, -0.15) is 4.98 Å². The van der Waals surface area contributed by atoms with Gasteiger partial charge in [-0.05, 0) is 38.2 Å². The molecule has 0 amide bonds. The van der Waals surface area contributed by atoms with Crippen LogP contribution in [0.4, 0.5) is 11.8 Å². The van der Waals surface area contributed by atoms with Crippen molar-refractivity contribution in [3.05, 3.63) is 66.2 Å². The molecule has 0 aliphatic rings. The van der Waals surface area contributed by atoms with Crippen LogP contribution in [0.5, 0.6) is 5.75 Å². The molecule has 0 fully saturated rings. The van der Waals surface area contributed by atoms with Crippen LogP contribution in [-0.4, -0.2) is 55.7 Å². The van der Waals surface area contributed by atoms with Crippen LogP contribution in [0.2, 0.25) is 0 Å². The molecule has 6 heteroatoms. The minimum absolute atomic E-state index is 0.626. The average Bonchev–Trinajstić information content (AvgIpc) is 2.74. The van der Waals surface area contributed by atoms with Crippen molar-refractivity contribution >= 4 is 11.8 Å². The minimum Gasteiger partial charge on any atom is -0.497 e. The lowest BCUT2D eigenvalue weighted by atomic mass is 10.1. The molecule has 0 saturated carbocycles. The van der Waals surface area contributed by atoms with E-state index < -0.39 is 0 Å². The maximum Gasteiger partial charge on any atom is 0.225 e. The fraction of sp³-hybridized carbons (Fsp3) is 0.304. The second-order valence-corrected chi connectivity index (χ2v) is 7.09. The number of hydrogen-bond acceptors (Lipinski definition) is 6. The standard InChI is InChI=1S/C23H29N5O/c1-28(2)15-14-24-22-17-21(19-9-5-4-6-10-19)26-23(27-22)25-13-12-18-8-7-11-20(16-18)29-3/h4-11,16-17H,12-15H2,1-3H3,(H2,24,25,26,27). The van der Waals surface area contributed by atoms with Gasteiger partial charge in [0, 0.05) is 31.3 Å². The fourth-order valence-electron chi connectivity index (χ4n) is 2.93. The summed E-state index contributed by atoms with van der Waals surface area (Å²) in [6.07, 6.45) is 0.861. The van der Waals surface area contributed by atoms with Gasteiger partial charge in [0.15, 0.2) is 0 Å². The molecule has 0 aliphatic carbocycles. The monoisotopic (exact) mass is 391 g/mol. The first kappa shape index (κ1) is 20.6. The van der Waals surface area contributed by atoms with Crippen LogP contribution in [0.25, 0.3) is 11.3 Å². The van der Waals surface area contributed by atoms with E-state index in [0.29, 0.717) is 5.95 Å². The van der Waals surface area contributed by atoms with Crippen LogP contribution < -0.4 is 15.4 Å². The second kappa shape index (κ2) is 10.4. The molecule has 2 aromatic carbocycles. The number of rotatable bonds is 10. The molecule has 0 unspecified atom stereocenters. The molecule has 3 aromatic rings. The van der Waals surface area contributed by atoms with Crippen molar-refractivity contribution in [1.82, 2.24) is 14.9 Å². The van der Waals surface area contributed by atoms with E-state index in [-0.39, 0.29) is 0 Å². The molecule has 6 nitrogen and oxygen atoms in total. The summed E-state index contributed by atoms with van der Waals surface area (Å²) in [5, 5.41) is 6.77. The second-order valence-electron chi connectivity index (χ2n) is 7.09. The van der Waals surface area contributed by atoms with Gasteiger partial charge in [0.2, 0.25) is 5.95 Å². The lowest BCUT2D eigenvalue weighted by molar-refractivity contribution is 0.414. The van der Waals surface area contributed by atoms with Crippen molar-refractivity contribution in [2.75, 3.05) is 51.5 Å². The average molecular weight is 392 g/mol. The van der Waals surface area contributed by atoms with Gasteiger partial charge < -0.3 is 20.3 Å². The number of hydrogen-bond donors (Lipinski definition) is 2. The molecular formula is C23H29N5O. The van der Waals surface area contributed by atoms with E-state index in [9.17, 15) is 0 Å². The van der Waals surface area contributed by atoms with Gasteiger partial charge in [-0.25, -0.2) is 4.98 Å². The van der Waals surface area contributed by atoms with Crippen LogP contribution >= 0.6 is 0 Å². The lowest BCUT2D eigenvalue weighted by Gasteiger charge is -2.13. The Morgan fingerprint density at radius 3 is 2.48 bits per heavy atom. The third-order valence-electron chi connectivity index (χ3n) is 4.49. The highest BCUT2D eigenvalue weighted by Crippen LogP contribution is 2.21. The maximum absolute atomic E-state index is 5.30. The fourth-order valence-corrected chi connectivity index (χ4v) is 2.93. The number of anilines is 2. The van der Waals surface area contributed by atoms with Crippen LogP contribution in [0.1, 0.15) is 5.56 Å². The first-order valence-electron chi connectivity index (χ1n) is 9.84. The van der Waals surface area contributed by atoms with Crippen molar-refractivity contribution in [3.8, 4) is 17.0 Å². The molecule has 29 heavy (non-hydrogen) atoms. The molecule has 3 rings (SSSR count). The van der Waals surface area contributed by atoms with Crippen molar-refractivity contribution in [2.45, 2.75) is 6.42 Å². The van der Waals surface area contributed by atoms with Gasteiger partial charge in [-0.15, -0.1) is 0 Å². The molecule has 1 heterocycles. The number of ether oxygens (including phenoxy) is 1. The van der Waals surface area contributed by atoms with E-state index in [1.807, 2.05) is 36.4 Å². The summed E-state index contributed by atoms with van der Waals surface area (Å²) in [5.74, 6) is 2.32. The van der Waals surface area contributed by atoms with E-state index in [1.54, 1.807) is 7.11 Å². The third kappa shape index (κ3) is 6.47. The summed E-state index contributed by atoms with van der Waals surface area (Å²) in [6.45, 7) is 2.49. The van der Waals surface area contributed by atoms with Gasteiger partial charge in [0.1, 0.15) is 11.6 Å². The molecule has 152 valence electrons. The third-order valence-corrected chi connectivity index (χ3v) is 4.49. The van der Waals surface area contributed by atoms with Crippen LogP contribution in [0.3, 0.4) is 0 Å². The Bertz CT molecular complexity index is 899. The number of benzene rings is 2. The summed E-state index contributed by atoms with van der Waals surface area (Å²) >= 11 is 0. The van der Waals surface area contributed by atoms with Crippen molar-refractivity contribution in [2.24, 2.45) is 0 Å². The molecule has 0 atom stereocenters. The normalized spacial score (nSPS) is 10.8. The summed E-state index contributed by atoms with van der Waals surface area (Å²) in [4.78, 5) is 11.5. The number of methoxy groups -OCH3 is 1. The Hall–Kier alpha value is -3.12. The van der Waals surface area contributed by atoms with Gasteiger partial charge in [0.25, 0.3) is 0 Å². The van der Waals surface area contributed by atoms with Crippen molar-refractivity contribution in [3.63, 3.8) is 0 Å². The van der Waals surface area contributed by atoms with E-state index in [2.05, 4.69) is 58.9 Å². The van der Waals surface area contributed by atoms with E-state index in [0.717, 1.165) is 48.9 Å².